The van der Waals surface area contributed by atoms with E-state index in [1.54, 1.807) is 43.5 Å². The fraction of sp³-hybridized carbons (Fsp3) is 0.211. The van der Waals surface area contributed by atoms with E-state index in [4.69, 9.17) is 15.2 Å². The van der Waals surface area contributed by atoms with Crippen LogP contribution in [0.3, 0.4) is 0 Å². The van der Waals surface area contributed by atoms with Crippen LogP contribution in [0.15, 0.2) is 48.5 Å². The first-order valence-electron chi connectivity index (χ1n) is 7.92. The fourth-order valence-corrected chi connectivity index (χ4v) is 2.20. The molecular formula is C19H20N2O5. The Bertz CT molecular complexity index is 802. The van der Waals surface area contributed by atoms with Crippen LogP contribution >= 0.6 is 0 Å². The minimum Gasteiger partial charge on any atom is -0.497 e. The Labute approximate surface area is 151 Å². The van der Waals surface area contributed by atoms with E-state index in [2.05, 4.69) is 5.32 Å². The molecule has 136 valence electrons. The number of esters is 1. The zero-order valence-electron chi connectivity index (χ0n) is 14.5. The molecule has 3 N–H and O–H groups in total. The van der Waals surface area contributed by atoms with Crippen LogP contribution in [0.1, 0.15) is 22.8 Å². The maximum absolute atomic E-state index is 12.1. The standard InChI is InChI=1S/C19H20N2O5/c1-12(19(24)21-15-8-6-14(7-9-15)18(20)23)26-17(22)11-13-4-3-5-16(10-13)25-2/h3-10,12H,11H2,1-2H3,(H2,20,23)(H,21,24)/t12-/m0/s1. The van der Waals surface area contributed by atoms with Crippen molar-refractivity contribution in [2.45, 2.75) is 19.4 Å². The Hall–Kier alpha value is -3.35. The largest absolute Gasteiger partial charge is 0.497 e. The zero-order valence-corrected chi connectivity index (χ0v) is 14.5. The van der Waals surface area contributed by atoms with Crippen LogP contribution in [0.25, 0.3) is 0 Å². The Kier molecular flexibility index (Phi) is 6.32. The molecule has 2 rings (SSSR count). The molecule has 2 aromatic rings. The molecule has 0 aliphatic carbocycles. The minimum atomic E-state index is -0.969. The summed E-state index contributed by atoms with van der Waals surface area (Å²) in [6, 6.07) is 13.1. The maximum Gasteiger partial charge on any atom is 0.311 e. The van der Waals surface area contributed by atoms with Gasteiger partial charge in [0.1, 0.15) is 5.75 Å². The number of methoxy groups -OCH3 is 1. The molecule has 26 heavy (non-hydrogen) atoms. The number of carbonyl (C=O) groups excluding carboxylic acids is 3. The van der Waals surface area contributed by atoms with Crippen LogP contribution < -0.4 is 15.8 Å². The third-order valence-corrected chi connectivity index (χ3v) is 3.60. The van der Waals surface area contributed by atoms with Gasteiger partial charge in [0.15, 0.2) is 6.10 Å². The van der Waals surface area contributed by atoms with E-state index < -0.39 is 23.9 Å². The summed E-state index contributed by atoms with van der Waals surface area (Å²) in [4.78, 5) is 35.1. The molecule has 0 saturated carbocycles. The lowest BCUT2D eigenvalue weighted by molar-refractivity contribution is -0.152. The first-order valence-corrected chi connectivity index (χ1v) is 7.92. The highest BCUT2D eigenvalue weighted by atomic mass is 16.5. The smallest absolute Gasteiger partial charge is 0.311 e. The number of benzene rings is 2. The summed E-state index contributed by atoms with van der Waals surface area (Å²) in [7, 11) is 1.54. The molecule has 0 bridgehead atoms. The second kappa shape index (κ2) is 8.66. The first kappa shape index (κ1) is 19.0. The van der Waals surface area contributed by atoms with Crippen LogP contribution in [-0.4, -0.2) is 31.0 Å². The monoisotopic (exact) mass is 356 g/mol. The number of rotatable bonds is 7. The molecular weight excluding hydrogens is 336 g/mol. The van der Waals surface area contributed by atoms with Gasteiger partial charge < -0.3 is 20.5 Å². The summed E-state index contributed by atoms with van der Waals surface area (Å²) in [5.74, 6) is -0.913. The second-order valence-electron chi connectivity index (χ2n) is 5.59. The molecule has 7 nitrogen and oxygen atoms in total. The van der Waals surface area contributed by atoms with Gasteiger partial charge in [0.25, 0.3) is 5.91 Å². The molecule has 7 heteroatoms. The van der Waals surface area contributed by atoms with E-state index in [0.717, 1.165) is 5.56 Å². The molecule has 0 aliphatic rings. The third-order valence-electron chi connectivity index (χ3n) is 3.60. The summed E-state index contributed by atoms with van der Waals surface area (Å²) >= 11 is 0. The molecule has 0 unspecified atom stereocenters. The quantitative estimate of drug-likeness (QED) is 0.737. The SMILES string of the molecule is COc1cccc(CC(=O)O[C@@H](C)C(=O)Nc2ccc(C(N)=O)cc2)c1. The van der Waals surface area contributed by atoms with E-state index in [9.17, 15) is 14.4 Å². The van der Waals surface area contributed by atoms with Gasteiger partial charge in [0.05, 0.1) is 13.5 Å². The molecule has 0 spiro atoms. The minimum absolute atomic E-state index is 0.0299. The highest BCUT2D eigenvalue weighted by Gasteiger charge is 2.18. The summed E-state index contributed by atoms with van der Waals surface area (Å²) in [5, 5.41) is 2.61. The normalized spacial score (nSPS) is 11.3. The Morgan fingerprint density at radius 1 is 1.12 bits per heavy atom. The van der Waals surface area contributed by atoms with E-state index >= 15 is 0 Å². The van der Waals surface area contributed by atoms with E-state index in [0.29, 0.717) is 17.0 Å². The van der Waals surface area contributed by atoms with Crippen LogP contribution in [0.5, 0.6) is 5.75 Å². The van der Waals surface area contributed by atoms with Gasteiger partial charge in [0, 0.05) is 11.3 Å². The molecule has 0 heterocycles. The fourth-order valence-electron chi connectivity index (χ4n) is 2.20. The molecule has 0 radical (unpaired) electrons. The van der Waals surface area contributed by atoms with Crippen LogP contribution in [0, 0.1) is 0 Å². The van der Waals surface area contributed by atoms with Gasteiger partial charge in [-0.05, 0) is 48.9 Å². The van der Waals surface area contributed by atoms with Crippen LogP contribution in [0.4, 0.5) is 5.69 Å². The Morgan fingerprint density at radius 3 is 2.42 bits per heavy atom. The van der Waals surface area contributed by atoms with Crippen molar-refractivity contribution in [2.75, 3.05) is 12.4 Å². The van der Waals surface area contributed by atoms with Crippen molar-refractivity contribution in [2.24, 2.45) is 5.73 Å². The van der Waals surface area contributed by atoms with E-state index in [1.807, 2.05) is 0 Å². The number of primary amides is 1. The summed E-state index contributed by atoms with van der Waals surface area (Å²) in [5.41, 5.74) is 6.69. The Morgan fingerprint density at radius 2 is 1.81 bits per heavy atom. The van der Waals surface area contributed by atoms with Gasteiger partial charge in [0.2, 0.25) is 5.91 Å². The summed E-state index contributed by atoms with van der Waals surface area (Å²) in [6.07, 6.45) is -0.939. The molecule has 0 fully saturated rings. The van der Waals surface area contributed by atoms with Gasteiger partial charge >= 0.3 is 5.97 Å². The number of hydrogen-bond donors (Lipinski definition) is 2. The van der Waals surface area contributed by atoms with E-state index in [-0.39, 0.29) is 6.42 Å². The lowest BCUT2D eigenvalue weighted by Crippen LogP contribution is -2.30. The topological polar surface area (TPSA) is 108 Å². The number of nitrogens with one attached hydrogen (secondary N) is 1. The average Bonchev–Trinajstić information content (AvgIpc) is 2.62. The highest BCUT2D eigenvalue weighted by molar-refractivity contribution is 5.96. The maximum atomic E-state index is 12.1. The number of ether oxygens (including phenoxy) is 2. The van der Waals surface area contributed by atoms with E-state index in [1.165, 1.54) is 19.1 Å². The zero-order chi connectivity index (χ0) is 19.1. The lowest BCUT2D eigenvalue weighted by atomic mass is 10.1. The summed E-state index contributed by atoms with van der Waals surface area (Å²) in [6.45, 7) is 1.48. The van der Waals surface area contributed by atoms with Crippen molar-refractivity contribution in [3.63, 3.8) is 0 Å². The number of amides is 2. The average molecular weight is 356 g/mol. The van der Waals surface area contributed by atoms with Crippen molar-refractivity contribution in [3.8, 4) is 5.75 Å². The van der Waals surface area contributed by atoms with Crippen LogP contribution in [0.2, 0.25) is 0 Å². The van der Waals surface area contributed by atoms with Gasteiger partial charge in [-0.15, -0.1) is 0 Å². The third kappa shape index (κ3) is 5.34. The molecule has 1 atom stereocenters. The highest BCUT2D eigenvalue weighted by Crippen LogP contribution is 2.14. The van der Waals surface area contributed by atoms with Crippen molar-refractivity contribution in [1.29, 1.82) is 0 Å². The van der Waals surface area contributed by atoms with Crippen molar-refractivity contribution >= 4 is 23.5 Å². The van der Waals surface area contributed by atoms with Gasteiger partial charge in [-0.3, -0.25) is 14.4 Å². The van der Waals surface area contributed by atoms with Crippen molar-refractivity contribution in [3.05, 3.63) is 59.7 Å². The number of carbonyl (C=O) groups is 3. The second-order valence-corrected chi connectivity index (χ2v) is 5.59. The molecule has 2 aromatic carbocycles. The number of hydrogen-bond acceptors (Lipinski definition) is 5. The summed E-state index contributed by atoms with van der Waals surface area (Å²) < 4.78 is 10.3. The van der Waals surface area contributed by atoms with Crippen molar-refractivity contribution in [1.82, 2.24) is 0 Å². The number of anilines is 1. The Balaban J connectivity index is 1.89. The molecule has 0 aromatic heterocycles. The predicted molar refractivity (Wildman–Crippen MR) is 95.8 cm³/mol. The van der Waals surface area contributed by atoms with Gasteiger partial charge in [-0.1, -0.05) is 12.1 Å². The lowest BCUT2D eigenvalue weighted by Gasteiger charge is -2.14. The predicted octanol–water partition coefficient (Wildman–Crippen LogP) is 1.91. The van der Waals surface area contributed by atoms with Gasteiger partial charge in [-0.25, -0.2) is 0 Å². The first-order chi connectivity index (χ1) is 12.4. The molecule has 0 aliphatic heterocycles. The van der Waals surface area contributed by atoms with Crippen molar-refractivity contribution < 1.29 is 23.9 Å². The van der Waals surface area contributed by atoms with Gasteiger partial charge in [-0.2, -0.15) is 0 Å². The molecule has 0 saturated heterocycles. The van der Waals surface area contributed by atoms with Crippen LogP contribution in [-0.2, 0) is 20.7 Å². The number of nitrogens with two attached hydrogens (primary N) is 1. The molecule has 2 amide bonds.